The topological polar surface area (TPSA) is 9.86 Å². The number of thiophene rings is 1. The lowest BCUT2D eigenvalue weighted by Gasteiger charge is -2.12. The molecular formula is C42H25BN2S. The Morgan fingerprint density at radius 1 is 0.435 bits per heavy atom. The Bertz CT molecular complexity index is 2820. The van der Waals surface area contributed by atoms with Crippen LogP contribution in [0.25, 0.3) is 86.3 Å². The minimum Gasteiger partial charge on any atom is -0.309 e. The van der Waals surface area contributed by atoms with Crippen LogP contribution in [0.15, 0.2) is 152 Å². The van der Waals surface area contributed by atoms with Crippen LogP contribution in [0, 0.1) is 0 Å². The van der Waals surface area contributed by atoms with Crippen molar-refractivity contribution in [3.63, 3.8) is 0 Å². The third kappa shape index (κ3) is 3.59. The van der Waals surface area contributed by atoms with E-state index >= 15 is 0 Å². The predicted octanol–water partition coefficient (Wildman–Crippen LogP) is 10.7. The lowest BCUT2D eigenvalue weighted by molar-refractivity contribution is 1.18. The van der Waals surface area contributed by atoms with Gasteiger partial charge in [-0.05, 0) is 65.7 Å². The zero-order valence-electron chi connectivity index (χ0n) is 24.8. The number of fused-ring (bicyclic) bond motifs is 9. The summed E-state index contributed by atoms with van der Waals surface area (Å²) in [5, 5.41) is 7.43. The molecule has 2 radical (unpaired) electrons. The summed E-state index contributed by atoms with van der Waals surface area (Å²) in [4.78, 5) is 0. The van der Waals surface area contributed by atoms with Crippen LogP contribution in [0.2, 0.25) is 0 Å². The normalized spacial score (nSPS) is 12.0. The number of hydrogen-bond acceptors (Lipinski definition) is 1. The molecule has 0 atom stereocenters. The lowest BCUT2D eigenvalue weighted by atomic mass is 9.93. The van der Waals surface area contributed by atoms with Crippen molar-refractivity contribution >= 4 is 88.4 Å². The number of rotatable bonds is 3. The lowest BCUT2D eigenvalue weighted by Crippen LogP contribution is -2.05. The summed E-state index contributed by atoms with van der Waals surface area (Å²) in [6.07, 6.45) is 0. The molecule has 0 spiro atoms. The molecule has 0 fully saturated rings. The van der Waals surface area contributed by atoms with E-state index in [0.29, 0.717) is 0 Å². The van der Waals surface area contributed by atoms with Gasteiger partial charge in [0.25, 0.3) is 0 Å². The number of nitrogens with zero attached hydrogens (tertiary/aromatic N) is 2. The van der Waals surface area contributed by atoms with Crippen molar-refractivity contribution in [2.24, 2.45) is 0 Å². The van der Waals surface area contributed by atoms with Crippen LogP contribution in [0.4, 0.5) is 0 Å². The summed E-state index contributed by atoms with van der Waals surface area (Å²) >= 11 is 1.77. The molecule has 0 aliphatic carbocycles. The number of hydrogen-bond donors (Lipinski definition) is 0. The minimum absolute atomic E-state index is 0.814. The maximum Gasteiger partial charge on any atom is 0.115 e. The SMILES string of the molecule is [B]c1cc(-n2c3ccccc3c3ccc(-c4cccc5c4c4ccccc4n5-c4ccccc4)cc32)cc2c1sc1ccccc12. The van der Waals surface area contributed by atoms with Gasteiger partial charge in [0, 0.05) is 53.1 Å². The first-order chi connectivity index (χ1) is 22.7. The summed E-state index contributed by atoms with van der Waals surface area (Å²) in [7, 11) is 6.80. The maximum absolute atomic E-state index is 6.80. The molecule has 0 aliphatic rings. The third-order valence-electron chi connectivity index (χ3n) is 9.45. The summed E-state index contributed by atoms with van der Waals surface area (Å²) < 4.78 is 7.18. The molecule has 3 heterocycles. The van der Waals surface area contributed by atoms with Gasteiger partial charge in [0.2, 0.25) is 0 Å². The number of para-hydroxylation sites is 3. The fraction of sp³-hybridized carbons (Fsp3) is 0. The van der Waals surface area contributed by atoms with E-state index < -0.39 is 0 Å². The van der Waals surface area contributed by atoms with Crippen molar-refractivity contribution in [2.75, 3.05) is 0 Å². The fourth-order valence-electron chi connectivity index (χ4n) is 7.50. The third-order valence-corrected chi connectivity index (χ3v) is 10.7. The number of benzene rings is 7. The van der Waals surface area contributed by atoms with Crippen molar-refractivity contribution in [3.05, 3.63) is 152 Å². The van der Waals surface area contributed by atoms with E-state index in [1.54, 1.807) is 11.3 Å². The summed E-state index contributed by atoms with van der Waals surface area (Å²) in [6, 6.07) is 54.8. The summed E-state index contributed by atoms with van der Waals surface area (Å²) in [5.74, 6) is 0. The molecule has 212 valence electrons. The number of aromatic nitrogens is 2. The molecule has 0 unspecified atom stereocenters. The average Bonchev–Trinajstić information content (AvgIpc) is 3.76. The first kappa shape index (κ1) is 25.7. The Labute approximate surface area is 270 Å². The van der Waals surface area contributed by atoms with Gasteiger partial charge in [-0.25, -0.2) is 0 Å². The van der Waals surface area contributed by atoms with E-state index in [1.165, 1.54) is 70.2 Å². The van der Waals surface area contributed by atoms with Crippen molar-refractivity contribution < 1.29 is 0 Å². The fourth-order valence-corrected chi connectivity index (χ4v) is 8.61. The van der Waals surface area contributed by atoms with Gasteiger partial charge in [0.05, 0.1) is 22.1 Å². The van der Waals surface area contributed by atoms with Crippen molar-refractivity contribution in [1.29, 1.82) is 0 Å². The van der Waals surface area contributed by atoms with Gasteiger partial charge >= 0.3 is 0 Å². The Morgan fingerprint density at radius 3 is 1.93 bits per heavy atom. The van der Waals surface area contributed by atoms with Crippen molar-refractivity contribution in [1.82, 2.24) is 9.13 Å². The van der Waals surface area contributed by atoms with Gasteiger partial charge in [0.1, 0.15) is 7.85 Å². The van der Waals surface area contributed by atoms with Gasteiger partial charge in [-0.1, -0.05) is 103 Å². The molecule has 2 nitrogen and oxygen atoms in total. The first-order valence-corrected chi connectivity index (χ1v) is 16.4. The average molecular weight is 601 g/mol. The van der Waals surface area contributed by atoms with Gasteiger partial charge in [-0.3, -0.25) is 0 Å². The highest BCUT2D eigenvalue weighted by molar-refractivity contribution is 7.26. The molecule has 10 rings (SSSR count). The Balaban J connectivity index is 1.27. The standard InChI is InChI=1S/C42H25BN2S/c43-35-25-28(24-34-32-14-6-9-20-40(32)46-42(34)35)45-36-17-7-4-13-30(36)31-22-21-26(23-39(31)45)29-16-10-19-38-41(29)33-15-5-8-18-37(33)44(38)27-11-2-1-3-12-27/h1-25H. The maximum atomic E-state index is 6.80. The van der Waals surface area contributed by atoms with E-state index in [0.717, 1.165) is 21.5 Å². The second kappa shape index (κ2) is 9.71. The largest absolute Gasteiger partial charge is 0.309 e. The second-order valence-corrected chi connectivity index (χ2v) is 13.0. The molecule has 46 heavy (non-hydrogen) atoms. The van der Waals surface area contributed by atoms with Crippen molar-refractivity contribution in [2.45, 2.75) is 0 Å². The Hall–Kier alpha value is -5.58. The Morgan fingerprint density at radius 2 is 1.09 bits per heavy atom. The molecule has 0 amide bonds. The van der Waals surface area contributed by atoms with Crippen molar-refractivity contribution in [3.8, 4) is 22.5 Å². The minimum atomic E-state index is 0.814. The van der Waals surface area contributed by atoms with Crippen LogP contribution in [0.5, 0.6) is 0 Å². The highest BCUT2D eigenvalue weighted by Gasteiger charge is 2.19. The molecular weight excluding hydrogens is 575 g/mol. The van der Waals surface area contributed by atoms with Crippen LogP contribution in [0.3, 0.4) is 0 Å². The molecule has 4 heteroatoms. The summed E-state index contributed by atoms with van der Waals surface area (Å²) in [6.45, 7) is 0. The van der Waals surface area contributed by atoms with E-state index in [4.69, 9.17) is 7.85 Å². The van der Waals surface area contributed by atoms with Gasteiger partial charge in [-0.2, -0.15) is 0 Å². The van der Waals surface area contributed by atoms with Crippen LogP contribution < -0.4 is 5.46 Å². The smallest absolute Gasteiger partial charge is 0.115 e. The van der Waals surface area contributed by atoms with Crippen LogP contribution >= 0.6 is 11.3 Å². The molecule has 0 N–H and O–H groups in total. The molecule has 10 aromatic rings. The monoisotopic (exact) mass is 600 g/mol. The van der Waals surface area contributed by atoms with Crippen LogP contribution in [-0.2, 0) is 0 Å². The molecule has 0 aliphatic heterocycles. The van der Waals surface area contributed by atoms with Gasteiger partial charge in [-0.15, -0.1) is 11.3 Å². The molecule has 3 aromatic heterocycles. The summed E-state index contributed by atoms with van der Waals surface area (Å²) in [5.41, 5.74) is 10.2. The van der Waals surface area contributed by atoms with E-state index in [1.807, 2.05) is 0 Å². The van der Waals surface area contributed by atoms with Gasteiger partial charge in [0.15, 0.2) is 0 Å². The molecule has 7 aromatic carbocycles. The second-order valence-electron chi connectivity index (χ2n) is 12.0. The quantitative estimate of drug-likeness (QED) is 0.179. The van der Waals surface area contributed by atoms with E-state index in [9.17, 15) is 0 Å². The molecule has 0 bridgehead atoms. The zero-order valence-corrected chi connectivity index (χ0v) is 25.6. The van der Waals surface area contributed by atoms with Gasteiger partial charge < -0.3 is 9.13 Å². The highest BCUT2D eigenvalue weighted by Crippen LogP contribution is 2.41. The molecule has 0 saturated carbocycles. The molecule has 0 saturated heterocycles. The van der Waals surface area contributed by atoms with Crippen LogP contribution in [0.1, 0.15) is 0 Å². The Kier molecular flexibility index (Phi) is 5.43. The first-order valence-electron chi connectivity index (χ1n) is 15.6. The zero-order chi connectivity index (χ0) is 30.4. The van der Waals surface area contributed by atoms with Crippen LogP contribution in [-0.4, -0.2) is 17.0 Å². The predicted molar refractivity (Wildman–Crippen MR) is 199 cm³/mol. The van der Waals surface area contributed by atoms with E-state index in [-0.39, 0.29) is 0 Å². The highest BCUT2D eigenvalue weighted by atomic mass is 32.1. The van der Waals surface area contributed by atoms with E-state index in [2.05, 4.69) is 161 Å².